The van der Waals surface area contributed by atoms with E-state index in [9.17, 15) is 14.7 Å². The van der Waals surface area contributed by atoms with Gasteiger partial charge in [0.15, 0.2) is 5.78 Å². The number of ketones is 1. The molecule has 2 unspecified atom stereocenters. The SMILES string of the molecule is CCC(CO)(C(=O)OCC(C)=O)C(C)O. The Kier molecular flexibility index (Phi) is 5.46. The molecule has 0 saturated heterocycles. The molecule has 0 aromatic rings. The molecule has 0 fully saturated rings. The first-order chi connectivity index (χ1) is 6.90. The van der Waals surface area contributed by atoms with E-state index >= 15 is 0 Å². The molecular formula is C10H18O5. The normalized spacial score (nSPS) is 16.6. The Hall–Kier alpha value is -0.940. The van der Waals surface area contributed by atoms with Crippen LogP contribution in [0.1, 0.15) is 27.2 Å². The molecule has 15 heavy (non-hydrogen) atoms. The summed E-state index contributed by atoms with van der Waals surface area (Å²) in [7, 11) is 0. The fourth-order valence-electron chi connectivity index (χ4n) is 1.23. The summed E-state index contributed by atoms with van der Waals surface area (Å²) in [6.07, 6.45) is -0.773. The molecule has 0 amide bonds. The van der Waals surface area contributed by atoms with Gasteiger partial charge in [-0.2, -0.15) is 0 Å². The fourth-order valence-corrected chi connectivity index (χ4v) is 1.23. The van der Waals surface area contributed by atoms with Gasteiger partial charge in [0, 0.05) is 0 Å². The minimum absolute atomic E-state index is 0.248. The van der Waals surface area contributed by atoms with E-state index in [1.807, 2.05) is 0 Å². The molecule has 0 aliphatic rings. The third-order valence-corrected chi connectivity index (χ3v) is 2.53. The highest BCUT2D eigenvalue weighted by Gasteiger charge is 2.42. The quantitative estimate of drug-likeness (QED) is 0.608. The highest BCUT2D eigenvalue weighted by molar-refractivity contribution is 5.83. The average Bonchev–Trinajstić information content (AvgIpc) is 2.17. The molecule has 2 atom stereocenters. The standard InChI is InChI=1S/C10H18O5/c1-4-10(6-11,8(3)13)9(14)15-5-7(2)12/h8,11,13H,4-6H2,1-3H3. The molecule has 5 heteroatoms. The molecule has 0 bridgehead atoms. The molecule has 5 nitrogen and oxygen atoms in total. The first kappa shape index (κ1) is 14.1. The first-order valence-corrected chi connectivity index (χ1v) is 4.86. The van der Waals surface area contributed by atoms with Crippen molar-refractivity contribution in [2.45, 2.75) is 33.3 Å². The van der Waals surface area contributed by atoms with Crippen LogP contribution in [0.25, 0.3) is 0 Å². The Morgan fingerprint density at radius 1 is 1.47 bits per heavy atom. The topological polar surface area (TPSA) is 83.8 Å². The number of hydrogen-bond donors (Lipinski definition) is 2. The van der Waals surface area contributed by atoms with E-state index in [0.29, 0.717) is 0 Å². The van der Waals surface area contributed by atoms with Crippen molar-refractivity contribution in [3.63, 3.8) is 0 Å². The number of Topliss-reactive ketones (excluding diaryl/α,β-unsaturated/α-hetero) is 1. The Balaban J connectivity index is 4.62. The third kappa shape index (κ3) is 3.28. The highest BCUT2D eigenvalue weighted by Crippen LogP contribution is 2.27. The lowest BCUT2D eigenvalue weighted by Crippen LogP contribution is -2.45. The monoisotopic (exact) mass is 218 g/mol. The van der Waals surface area contributed by atoms with Gasteiger partial charge in [0.1, 0.15) is 12.0 Å². The number of ether oxygens (including phenoxy) is 1. The van der Waals surface area contributed by atoms with Gasteiger partial charge in [-0.25, -0.2) is 0 Å². The molecule has 2 N–H and O–H groups in total. The molecule has 0 radical (unpaired) electrons. The van der Waals surface area contributed by atoms with E-state index in [-0.39, 0.29) is 18.8 Å². The highest BCUT2D eigenvalue weighted by atomic mass is 16.5. The largest absolute Gasteiger partial charge is 0.457 e. The molecule has 0 spiro atoms. The summed E-state index contributed by atoms with van der Waals surface area (Å²) < 4.78 is 4.70. The summed E-state index contributed by atoms with van der Waals surface area (Å²) in [5.41, 5.74) is -1.32. The Morgan fingerprint density at radius 3 is 2.27 bits per heavy atom. The van der Waals surface area contributed by atoms with Crippen LogP contribution in [-0.2, 0) is 14.3 Å². The second-order valence-corrected chi connectivity index (χ2v) is 3.62. The summed E-state index contributed by atoms with van der Waals surface area (Å²) >= 11 is 0. The molecule has 0 aromatic carbocycles. The fraction of sp³-hybridized carbons (Fsp3) is 0.800. The van der Waals surface area contributed by atoms with Crippen LogP contribution in [0.2, 0.25) is 0 Å². The van der Waals surface area contributed by atoms with E-state index in [1.54, 1.807) is 6.92 Å². The summed E-state index contributed by atoms with van der Waals surface area (Å²) in [4.78, 5) is 22.2. The van der Waals surface area contributed by atoms with Gasteiger partial charge in [-0.05, 0) is 20.3 Å². The molecule has 0 rings (SSSR count). The molecule has 88 valence electrons. The van der Waals surface area contributed by atoms with E-state index in [4.69, 9.17) is 9.84 Å². The van der Waals surface area contributed by atoms with Crippen LogP contribution in [-0.4, -0.2) is 41.3 Å². The van der Waals surface area contributed by atoms with Gasteiger partial charge >= 0.3 is 5.97 Å². The number of carbonyl (C=O) groups is 2. The van der Waals surface area contributed by atoms with Crippen LogP contribution in [0.15, 0.2) is 0 Å². The maximum Gasteiger partial charge on any atom is 0.317 e. The number of aliphatic hydroxyl groups excluding tert-OH is 2. The number of esters is 1. The van der Waals surface area contributed by atoms with E-state index in [1.165, 1.54) is 13.8 Å². The Bertz CT molecular complexity index is 230. The van der Waals surface area contributed by atoms with Gasteiger partial charge in [-0.3, -0.25) is 9.59 Å². The molecule has 0 saturated carbocycles. The van der Waals surface area contributed by atoms with Crippen molar-refractivity contribution in [1.29, 1.82) is 0 Å². The zero-order chi connectivity index (χ0) is 12.1. The van der Waals surface area contributed by atoms with Crippen molar-refractivity contribution < 1.29 is 24.5 Å². The van der Waals surface area contributed by atoms with Crippen LogP contribution in [0.5, 0.6) is 0 Å². The van der Waals surface area contributed by atoms with E-state index < -0.39 is 24.1 Å². The average molecular weight is 218 g/mol. The maximum absolute atomic E-state index is 11.6. The van der Waals surface area contributed by atoms with Crippen molar-refractivity contribution in [2.75, 3.05) is 13.2 Å². The van der Waals surface area contributed by atoms with Gasteiger partial charge < -0.3 is 14.9 Å². The lowest BCUT2D eigenvalue weighted by Gasteiger charge is -2.30. The lowest BCUT2D eigenvalue weighted by molar-refractivity contribution is -0.168. The van der Waals surface area contributed by atoms with Crippen LogP contribution >= 0.6 is 0 Å². The first-order valence-electron chi connectivity index (χ1n) is 4.86. The second-order valence-electron chi connectivity index (χ2n) is 3.62. The number of hydrogen-bond acceptors (Lipinski definition) is 5. The van der Waals surface area contributed by atoms with Gasteiger partial charge in [-0.1, -0.05) is 6.92 Å². The summed E-state index contributed by atoms with van der Waals surface area (Å²) in [5, 5.41) is 18.6. The van der Waals surface area contributed by atoms with Crippen LogP contribution in [0, 0.1) is 5.41 Å². The number of rotatable bonds is 6. The molecule has 0 aromatic heterocycles. The Labute approximate surface area is 89.0 Å². The van der Waals surface area contributed by atoms with Crippen LogP contribution in [0.3, 0.4) is 0 Å². The zero-order valence-corrected chi connectivity index (χ0v) is 9.32. The summed E-state index contributed by atoms with van der Waals surface area (Å²) in [6, 6.07) is 0. The minimum atomic E-state index is -1.32. The van der Waals surface area contributed by atoms with Crippen molar-refractivity contribution >= 4 is 11.8 Å². The smallest absolute Gasteiger partial charge is 0.317 e. The lowest BCUT2D eigenvalue weighted by atomic mass is 9.81. The number of carbonyl (C=O) groups excluding carboxylic acids is 2. The van der Waals surface area contributed by atoms with Gasteiger partial charge in [0.25, 0.3) is 0 Å². The summed E-state index contributed by atoms with van der Waals surface area (Å²) in [5.74, 6) is -1.02. The van der Waals surface area contributed by atoms with Crippen molar-refractivity contribution in [1.82, 2.24) is 0 Å². The Morgan fingerprint density at radius 2 is 2.00 bits per heavy atom. The maximum atomic E-state index is 11.6. The summed E-state index contributed by atoms with van der Waals surface area (Å²) in [6.45, 7) is 3.54. The molecule has 0 aliphatic carbocycles. The van der Waals surface area contributed by atoms with E-state index in [0.717, 1.165) is 0 Å². The third-order valence-electron chi connectivity index (χ3n) is 2.53. The van der Waals surface area contributed by atoms with Crippen molar-refractivity contribution in [2.24, 2.45) is 5.41 Å². The van der Waals surface area contributed by atoms with Gasteiger partial charge in [0.05, 0.1) is 12.7 Å². The van der Waals surface area contributed by atoms with Crippen molar-refractivity contribution in [3.8, 4) is 0 Å². The van der Waals surface area contributed by atoms with Gasteiger partial charge in [0.2, 0.25) is 0 Å². The van der Waals surface area contributed by atoms with Crippen LogP contribution in [0.4, 0.5) is 0 Å². The predicted molar refractivity (Wildman–Crippen MR) is 53.1 cm³/mol. The molecular weight excluding hydrogens is 200 g/mol. The van der Waals surface area contributed by atoms with Crippen molar-refractivity contribution in [3.05, 3.63) is 0 Å². The minimum Gasteiger partial charge on any atom is -0.457 e. The second kappa shape index (κ2) is 5.82. The zero-order valence-electron chi connectivity index (χ0n) is 9.32. The molecule has 0 aliphatic heterocycles. The van der Waals surface area contributed by atoms with Crippen LogP contribution < -0.4 is 0 Å². The number of aliphatic hydroxyl groups is 2. The van der Waals surface area contributed by atoms with Gasteiger partial charge in [-0.15, -0.1) is 0 Å². The predicted octanol–water partition coefficient (Wildman–Crippen LogP) is -0.112. The molecule has 0 heterocycles. The van der Waals surface area contributed by atoms with E-state index in [2.05, 4.69) is 0 Å².